The Morgan fingerprint density at radius 1 is 1.15 bits per heavy atom. The van der Waals surface area contributed by atoms with Crippen LogP contribution in [0.15, 0.2) is 48.5 Å². The maximum atomic E-state index is 13.2. The van der Waals surface area contributed by atoms with Gasteiger partial charge in [-0.2, -0.15) is 0 Å². The van der Waals surface area contributed by atoms with Crippen molar-refractivity contribution in [2.45, 2.75) is 31.5 Å². The molecule has 2 atom stereocenters. The van der Waals surface area contributed by atoms with Gasteiger partial charge < -0.3 is 15.0 Å². The molecular formula is C25H27ClFN3O3. The van der Waals surface area contributed by atoms with Crippen LogP contribution < -0.4 is 5.32 Å². The second-order valence-corrected chi connectivity index (χ2v) is 8.91. The van der Waals surface area contributed by atoms with Gasteiger partial charge in [-0.05, 0) is 54.3 Å². The summed E-state index contributed by atoms with van der Waals surface area (Å²) in [6, 6.07) is 12.3. The van der Waals surface area contributed by atoms with E-state index in [1.165, 1.54) is 19.2 Å². The number of amides is 2. The number of halogens is 2. The van der Waals surface area contributed by atoms with E-state index in [9.17, 15) is 14.0 Å². The number of ether oxygens (including phenoxy) is 1. The van der Waals surface area contributed by atoms with Crippen molar-refractivity contribution >= 4 is 35.2 Å². The SMILES string of the molecule is COCC(=O)Nc1cc(Cl)ccc1C=CC(=O)N1CC2CCC(C1)N2Cc1ccc(F)cc1. The minimum atomic E-state index is -0.297. The third kappa shape index (κ3) is 5.79. The normalized spacial score (nSPS) is 20.4. The second kappa shape index (κ2) is 10.5. The van der Waals surface area contributed by atoms with Crippen LogP contribution in [0, 0.1) is 5.82 Å². The van der Waals surface area contributed by atoms with Gasteiger partial charge in [0.05, 0.1) is 0 Å². The Morgan fingerprint density at radius 2 is 1.85 bits per heavy atom. The number of benzene rings is 2. The first-order valence-electron chi connectivity index (χ1n) is 11.0. The summed E-state index contributed by atoms with van der Waals surface area (Å²) in [6.07, 6.45) is 5.34. The molecule has 2 saturated heterocycles. The lowest BCUT2D eigenvalue weighted by Gasteiger charge is -2.40. The molecule has 0 aromatic heterocycles. The predicted octanol–water partition coefficient (Wildman–Crippen LogP) is 3.95. The molecule has 2 aromatic carbocycles. The molecule has 2 amide bonds. The van der Waals surface area contributed by atoms with Crippen molar-refractivity contribution in [3.8, 4) is 0 Å². The molecule has 1 N–H and O–H groups in total. The summed E-state index contributed by atoms with van der Waals surface area (Å²) in [4.78, 5) is 29.2. The third-order valence-electron chi connectivity index (χ3n) is 6.19. The molecule has 2 heterocycles. The zero-order valence-electron chi connectivity index (χ0n) is 18.5. The standard InChI is InChI=1S/C25H27ClFN3O3/c1-33-16-24(31)28-23-12-19(26)6-4-18(23)5-11-25(32)29-14-21-9-10-22(15-29)30(21)13-17-2-7-20(27)8-3-17/h2-8,11-12,21-22H,9-10,13-16H2,1H3,(H,28,31). The topological polar surface area (TPSA) is 61.9 Å². The van der Waals surface area contributed by atoms with Crippen LogP contribution >= 0.6 is 11.6 Å². The van der Waals surface area contributed by atoms with E-state index in [1.54, 1.807) is 30.4 Å². The Balaban J connectivity index is 1.40. The van der Waals surface area contributed by atoms with E-state index in [0.29, 0.717) is 41.4 Å². The van der Waals surface area contributed by atoms with Crippen molar-refractivity contribution in [1.82, 2.24) is 9.80 Å². The average molecular weight is 472 g/mol. The van der Waals surface area contributed by atoms with Gasteiger partial charge in [0.15, 0.2) is 0 Å². The fourth-order valence-corrected chi connectivity index (χ4v) is 4.77. The van der Waals surface area contributed by atoms with Crippen molar-refractivity contribution in [2.24, 2.45) is 0 Å². The second-order valence-electron chi connectivity index (χ2n) is 8.47. The Hall–Kier alpha value is -2.74. The number of carbonyl (C=O) groups excluding carboxylic acids is 2. The highest BCUT2D eigenvalue weighted by Gasteiger charge is 2.40. The van der Waals surface area contributed by atoms with E-state index in [0.717, 1.165) is 24.9 Å². The molecule has 2 unspecified atom stereocenters. The fraction of sp³-hybridized carbons (Fsp3) is 0.360. The van der Waals surface area contributed by atoms with E-state index < -0.39 is 0 Å². The summed E-state index contributed by atoms with van der Waals surface area (Å²) in [7, 11) is 1.45. The molecule has 33 heavy (non-hydrogen) atoms. The first kappa shape index (κ1) is 23.4. The highest BCUT2D eigenvalue weighted by Crippen LogP contribution is 2.32. The molecule has 2 bridgehead atoms. The summed E-state index contributed by atoms with van der Waals surface area (Å²) in [6.45, 7) is 2.03. The number of fused-ring (bicyclic) bond motifs is 2. The monoisotopic (exact) mass is 471 g/mol. The van der Waals surface area contributed by atoms with Crippen LogP contribution in [-0.2, 0) is 20.9 Å². The summed E-state index contributed by atoms with van der Waals surface area (Å²) in [5, 5.41) is 3.24. The zero-order chi connectivity index (χ0) is 23.4. The first-order chi connectivity index (χ1) is 15.9. The molecule has 2 aliphatic heterocycles. The van der Waals surface area contributed by atoms with Crippen molar-refractivity contribution < 1.29 is 18.7 Å². The average Bonchev–Trinajstić information content (AvgIpc) is 3.01. The number of hydrogen-bond acceptors (Lipinski definition) is 4. The predicted molar refractivity (Wildman–Crippen MR) is 126 cm³/mol. The molecule has 0 saturated carbocycles. The molecular weight excluding hydrogens is 445 g/mol. The number of nitrogens with one attached hydrogen (secondary N) is 1. The largest absolute Gasteiger partial charge is 0.375 e. The number of carbonyl (C=O) groups is 2. The third-order valence-corrected chi connectivity index (χ3v) is 6.43. The quantitative estimate of drug-likeness (QED) is 0.621. The maximum Gasteiger partial charge on any atom is 0.250 e. The van der Waals surface area contributed by atoms with Gasteiger partial charge in [0.2, 0.25) is 11.8 Å². The Bertz CT molecular complexity index is 1030. The van der Waals surface area contributed by atoms with E-state index in [4.69, 9.17) is 16.3 Å². The van der Waals surface area contributed by atoms with E-state index in [-0.39, 0.29) is 24.2 Å². The van der Waals surface area contributed by atoms with Crippen LogP contribution in [0.5, 0.6) is 0 Å². The Kier molecular flexibility index (Phi) is 7.42. The number of piperazine rings is 1. The number of methoxy groups -OCH3 is 1. The number of hydrogen-bond donors (Lipinski definition) is 1. The number of likely N-dealkylation sites (tertiary alicyclic amines) is 1. The lowest BCUT2D eigenvalue weighted by Crippen LogP contribution is -2.54. The molecule has 6 nitrogen and oxygen atoms in total. The molecule has 4 rings (SSSR count). The summed E-state index contributed by atoms with van der Waals surface area (Å²) < 4.78 is 18.1. The van der Waals surface area contributed by atoms with Crippen LogP contribution in [0.4, 0.5) is 10.1 Å². The van der Waals surface area contributed by atoms with E-state index in [1.807, 2.05) is 17.0 Å². The van der Waals surface area contributed by atoms with Gasteiger partial charge in [0, 0.05) is 55.6 Å². The molecule has 0 spiro atoms. The van der Waals surface area contributed by atoms with Crippen LogP contribution in [-0.4, -0.2) is 60.5 Å². The van der Waals surface area contributed by atoms with Gasteiger partial charge >= 0.3 is 0 Å². The zero-order valence-corrected chi connectivity index (χ0v) is 19.2. The van der Waals surface area contributed by atoms with Crippen LogP contribution in [0.1, 0.15) is 24.0 Å². The molecule has 2 fully saturated rings. The highest BCUT2D eigenvalue weighted by molar-refractivity contribution is 6.31. The van der Waals surface area contributed by atoms with Crippen molar-refractivity contribution in [1.29, 1.82) is 0 Å². The number of nitrogens with zero attached hydrogens (tertiary/aromatic N) is 2. The minimum absolute atomic E-state index is 0.0579. The van der Waals surface area contributed by atoms with Crippen LogP contribution in [0.3, 0.4) is 0 Å². The summed E-state index contributed by atoms with van der Waals surface area (Å²) in [5.41, 5.74) is 2.30. The maximum absolute atomic E-state index is 13.2. The lowest BCUT2D eigenvalue weighted by molar-refractivity contribution is -0.129. The van der Waals surface area contributed by atoms with Crippen LogP contribution in [0.25, 0.3) is 6.08 Å². The van der Waals surface area contributed by atoms with Crippen molar-refractivity contribution in [3.63, 3.8) is 0 Å². The first-order valence-corrected chi connectivity index (χ1v) is 11.4. The Morgan fingerprint density at radius 3 is 2.52 bits per heavy atom. The number of anilines is 1. The molecule has 2 aromatic rings. The van der Waals surface area contributed by atoms with Gasteiger partial charge in [-0.15, -0.1) is 0 Å². The molecule has 2 aliphatic rings. The fourth-order valence-electron chi connectivity index (χ4n) is 4.59. The summed E-state index contributed by atoms with van der Waals surface area (Å²) >= 11 is 6.08. The van der Waals surface area contributed by atoms with Gasteiger partial charge in [-0.3, -0.25) is 14.5 Å². The molecule has 174 valence electrons. The summed E-state index contributed by atoms with van der Waals surface area (Å²) in [5.74, 6) is -0.585. The smallest absolute Gasteiger partial charge is 0.250 e. The van der Waals surface area contributed by atoms with Crippen molar-refractivity contribution in [2.75, 3.05) is 32.1 Å². The number of rotatable bonds is 7. The molecule has 0 radical (unpaired) electrons. The van der Waals surface area contributed by atoms with Crippen molar-refractivity contribution in [3.05, 3.63) is 70.5 Å². The van der Waals surface area contributed by atoms with E-state index in [2.05, 4.69) is 10.2 Å². The van der Waals surface area contributed by atoms with Gasteiger partial charge in [0.1, 0.15) is 12.4 Å². The van der Waals surface area contributed by atoms with Gasteiger partial charge in [-0.25, -0.2) is 4.39 Å². The molecule has 0 aliphatic carbocycles. The van der Waals surface area contributed by atoms with Gasteiger partial charge in [0.25, 0.3) is 0 Å². The van der Waals surface area contributed by atoms with E-state index >= 15 is 0 Å². The minimum Gasteiger partial charge on any atom is -0.375 e. The molecule has 8 heteroatoms. The van der Waals surface area contributed by atoms with Crippen LogP contribution in [0.2, 0.25) is 5.02 Å². The highest BCUT2D eigenvalue weighted by atomic mass is 35.5. The lowest BCUT2D eigenvalue weighted by atomic mass is 10.1. The Labute approximate surface area is 198 Å². The van der Waals surface area contributed by atoms with Gasteiger partial charge in [-0.1, -0.05) is 29.8 Å².